The molecule has 3 aliphatic heterocycles. The Labute approximate surface area is 177 Å². The number of methoxy groups -OCH3 is 1. The summed E-state index contributed by atoms with van der Waals surface area (Å²) < 4.78 is 18.4. The van der Waals surface area contributed by atoms with Crippen molar-refractivity contribution in [2.45, 2.75) is 63.8 Å². The van der Waals surface area contributed by atoms with Crippen molar-refractivity contribution in [2.75, 3.05) is 20.2 Å². The maximum absolute atomic E-state index is 12.5. The lowest BCUT2D eigenvalue weighted by Gasteiger charge is -2.53. The van der Waals surface area contributed by atoms with E-state index in [0.717, 1.165) is 29.9 Å². The molecular weight excluding hydrogens is 386 g/mol. The van der Waals surface area contributed by atoms with Crippen LogP contribution < -0.4 is 9.47 Å². The van der Waals surface area contributed by atoms with Crippen molar-refractivity contribution >= 4 is 11.9 Å². The Kier molecular flexibility index (Phi) is 5.66. The summed E-state index contributed by atoms with van der Waals surface area (Å²) in [6.07, 6.45) is 2.57. The SMILES string of the molecule is COc1ccc2c(c1)OC(C)(C)[C@@H]1C[C@H]3CN(C(=O)CCCC(=O)O)CC[C@H]3O[C@@H]21. The van der Waals surface area contributed by atoms with Crippen LogP contribution in [0, 0.1) is 11.8 Å². The number of aliphatic carboxylic acids is 1. The Balaban J connectivity index is 1.47. The number of hydrogen-bond acceptors (Lipinski definition) is 5. The lowest BCUT2D eigenvalue weighted by atomic mass is 9.70. The van der Waals surface area contributed by atoms with Gasteiger partial charge in [0.1, 0.15) is 17.1 Å². The van der Waals surface area contributed by atoms with Crippen LogP contribution in [0.1, 0.15) is 57.6 Å². The quantitative estimate of drug-likeness (QED) is 0.790. The molecule has 4 rings (SSSR count). The monoisotopic (exact) mass is 417 g/mol. The third-order valence-corrected chi connectivity index (χ3v) is 6.83. The summed E-state index contributed by atoms with van der Waals surface area (Å²) in [5, 5.41) is 8.79. The molecule has 1 amide bonds. The number of nitrogens with zero attached hydrogens (tertiary/aromatic N) is 1. The number of carbonyl (C=O) groups excluding carboxylic acids is 1. The lowest BCUT2D eigenvalue weighted by Crippen LogP contribution is -2.55. The highest BCUT2D eigenvalue weighted by atomic mass is 16.5. The number of likely N-dealkylation sites (tertiary alicyclic amines) is 1. The first-order chi connectivity index (χ1) is 14.3. The number of amides is 1. The molecule has 1 aromatic rings. The zero-order valence-corrected chi connectivity index (χ0v) is 17.9. The third kappa shape index (κ3) is 4.00. The lowest BCUT2D eigenvalue weighted by molar-refractivity contribution is -0.188. The molecule has 7 heteroatoms. The molecule has 3 heterocycles. The molecule has 30 heavy (non-hydrogen) atoms. The van der Waals surface area contributed by atoms with Gasteiger partial charge in [0.05, 0.1) is 19.3 Å². The average molecular weight is 418 g/mol. The predicted octanol–water partition coefficient (Wildman–Crippen LogP) is 3.42. The van der Waals surface area contributed by atoms with E-state index >= 15 is 0 Å². The molecule has 0 spiro atoms. The highest BCUT2D eigenvalue weighted by Gasteiger charge is 2.51. The minimum atomic E-state index is -0.856. The van der Waals surface area contributed by atoms with Gasteiger partial charge in [-0.15, -0.1) is 0 Å². The van der Waals surface area contributed by atoms with E-state index < -0.39 is 5.97 Å². The van der Waals surface area contributed by atoms with Gasteiger partial charge in [-0.3, -0.25) is 9.59 Å². The minimum absolute atomic E-state index is 0.0197. The predicted molar refractivity (Wildman–Crippen MR) is 110 cm³/mol. The molecule has 2 fully saturated rings. The van der Waals surface area contributed by atoms with Gasteiger partial charge in [-0.05, 0) is 45.2 Å². The first kappa shape index (κ1) is 21.0. The first-order valence-corrected chi connectivity index (χ1v) is 10.8. The van der Waals surface area contributed by atoms with Crippen LogP contribution in [0.2, 0.25) is 0 Å². The first-order valence-electron chi connectivity index (χ1n) is 10.8. The summed E-state index contributed by atoms with van der Waals surface area (Å²) in [4.78, 5) is 25.1. The van der Waals surface area contributed by atoms with Gasteiger partial charge in [0.15, 0.2) is 0 Å². The summed E-state index contributed by atoms with van der Waals surface area (Å²) in [7, 11) is 1.65. The van der Waals surface area contributed by atoms with Crippen molar-refractivity contribution in [1.29, 1.82) is 0 Å². The van der Waals surface area contributed by atoms with Crippen LogP contribution in [-0.4, -0.2) is 53.8 Å². The molecular formula is C23H31NO6. The molecule has 2 saturated heterocycles. The number of benzene rings is 1. The third-order valence-electron chi connectivity index (χ3n) is 6.83. The number of carbonyl (C=O) groups is 2. The molecule has 0 bridgehead atoms. The second-order valence-electron chi connectivity index (χ2n) is 9.18. The smallest absolute Gasteiger partial charge is 0.303 e. The number of hydrogen-bond donors (Lipinski definition) is 1. The van der Waals surface area contributed by atoms with Crippen LogP contribution in [0.3, 0.4) is 0 Å². The largest absolute Gasteiger partial charge is 0.497 e. The molecule has 1 aromatic carbocycles. The van der Waals surface area contributed by atoms with E-state index in [0.29, 0.717) is 25.9 Å². The van der Waals surface area contributed by atoms with E-state index in [1.165, 1.54) is 0 Å². The van der Waals surface area contributed by atoms with E-state index in [1.807, 2.05) is 23.1 Å². The molecule has 0 aromatic heterocycles. The fourth-order valence-corrected chi connectivity index (χ4v) is 5.19. The van der Waals surface area contributed by atoms with E-state index in [2.05, 4.69) is 13.8 Å². The Morgan fingerprint density at radius 1 is 1.30 bits per heavy atom. The van der Waals surface area contributed by atoms with E-state index in [4.69, 9.17) is 19.3 Å². The van der Waals surface area contributed by atoms with Crippen LogP contribution in [0.15, 0.2) is 18.2 Å². The summed E-state index contributed by atoms with van der Waals surface area (Å²) >= 11 is 0. The van der Waals surface area contributed by atoms with Crippen molar-refractivity contribution in [3.8, 4) is 11.5 Å². The Morgan fingerprint density at radius 2 is 2.10 bits per heavy atom. The topological polar surface area (TPSA) is 85.3 Å². The van der Waals surface area contributed by atoms with Gasteiger partial charge in [-0.1, -0.05) is 0 Å². The standard InChI is InChI=1S/C23H31NO6/c1-23(2)17-11-14-13-24(20(25)5-4-6-21(26)27)10-9-18(14)29-22(17)16-8-7-15(28-3)12-19(16)30-23/h7-8,12,14,17-18,22H,4-6,9-11,13H2,1-3H3,(H,26,27)/t14-,17+,18+,22-/m0/s1. The van der Waals surface area contributed by atoms with Crippen LogP contribution in [0.4, 0.5) is 0 Å². The second kappa shape index (κ2) is 8.10. The van der Waals surface area contributed by atoms with Gasteiger partial charge >= 0.3 is 5.97 Å². The summed E-state index contributed by atoms with van der Waals surface area (Å²) in [5.41, 5.74) is 0.689. The molecule has 4 atom stereocenters. The number of ether oxygens (including phenoxy) is 3. The van der Waals surface area contributed by atoms with E-state index in [9.17, 15) is 9.59 Å². The number of rotatable bonds is 5. The highest BCUT2D eigenvalue weighted by Crippen LogP contribution is 2.53. The maximum Gasteiger partial charge on any atom is 0.303 e. The van der Waals surface area contributed by atoms with Gasteiger partial charge < -0.3 is 24.2 Å². The van der Waals surface area contributed by atoms with Gasteiger partial charge in [0.2, 0.25) is 5.91 Å². The number of piperidine rings is 1. The molecule has 0 saturated carbocycles. The van der Waals surface area contributed by atoms with Crippen LogP contribution in [0.5, 0.6) is 11.5 Å². The fraction of sp³-hybridized carbons (Fsp3) is 0.652. The van der Waals surface area contributed by atoms with E-state index in [1.54, 1.807) is 7.11 Å². The summed E-state index contributed by atoms with van der Waals surface area (Å²) in [6.45, 7) is 5.55. The number of fused-ring (bicyclic) bond motifs is 4. The molecule has 0 radical (unpaired) electrons. The summed E-state index contributed by atoms with van der Waals surface area (Å²) in [5.74, 6) is 1.25. The van der Waals surface area contributed by atoms with Crippen molar-refractivity contribution in [1.82, 2.24) is 4.90 Å². The molecule has 3 aliphatic rings. The van der Waals surface area contributed by atoms with Crippen molar-refractivity contribution in [3.05, 3.63) is 23.8 Å². The Morgan fingerprint density at radius 3 is 2.83 bits per heavy atom. The van der Waals surface area contributed by atoms with Crippen LogP contribution in [0.25, 0.3) is 0 Å². The number of carboxylic acids is 1. The van der Waals surface area contributed by atoms with Gasteiger partial charge in [-0.2, -0.15) is 0 Å². The Hall–Kier alpha value is -2.28. The van der Waals surface area contributed by atoms with Crippen LogP contribution in [-0.2, 0) is 14.3 Å². The van der Waals surface area contributed by atoms with Crippen LogP contribution >= 0.6 is 0 Å². The van der Waals surface area contributed by atoms with Crippen molar-refractivity contribution < 1.29 is 28.9 Å². The molecule has 1 N–H and O–H groups in total. The zero-order valence-electron chi connectivity index (χ0n) is 17.9. The molecule has 7 nitrogen and oxygen atoms in total. The van der Waals surface area contributed by atoms with Crippen molar-refractivity contribution in [3.63, 3.8) is 0 Å². The zero-order chi connectivity index (χ0) is 21.5. The second-order valence-corrected chi connectivity index (χ2v) is 9.18. The molecule has 0 aliphatic carbocycles. The van der Waals surface area contributed by atoms with Gasteiger partial charge in [0.25, 0.3) is 0 Å². The average Bonchev–Trinajstić information content (AvgIpc) is 2.71. The van der Waals surface area contributed by atoms with Crippen molar-refractivity contribution in [2.24, 2.45) is 11.8 Å². The van der Waals surface area contributed by atoms with Gasteiger partial charge in [0, 0.05) is 49.4 Å². The molecule has 0 unspecified atom stereocenters. The van der Waals surface area contributed by atoms with Gasteiger partial charge in [-0.25, -0.2) is 0 Å². The molecule has 164 valence electrons. The minimum Gasteiger partial charge on any atom is -0.497 e. The van der Waals surface area contributed by atoms with E-state index in [-0.39, 0.29) is 42.0 Å². The number of carboxylic acid groups (broad SMARTS) is 1. The maximum atomic E-state index is 12.5. The highest BCUT2D eigenvalue weighted by molar-refractivity contribution is 5.77. The normalized spacial score (nSPS) is 29.1. The summed E-state index contributed by atoms with van der Waals surface area (Å²) in [6, 6.07) is 5.93. The fourth-order valence-electron chi connectivity index (χ4n) is 5.19. The Bertz CT molecular complexity index is 822.